The van der Waals surface area contributed by atoms with Crippen molar-refractivity contribution in [2.45, 2.75) is 13.3 Å². The number of anilines is 1. The highest BCUT2D eigenvalue weighted by molar-refractivity contribution is 6.04. The number of carbonyl (C=O) groups is 1. The second-order valence-electron chi connectivity index (χ2n) is 5.06. The Kier molecular flexibility index (Phi) is 2.95. The standard InChI is InChI=1S/C15H16N2O2/c1-10-4-5-13(12-3-2-6-16-15(10)12)17-8-11(9-18)7-14(17)19/h2-6,11,18H,7-9H2,1H3. The summed E-state index contributed by atoms with van der Waals surface area (Å²) in [5.74, 6) is 0.119. The van der Waals surface area contributed by atoms with Gasteiger partial charge in [-0.25, -0.2) is 0 Å². The van der Waals surface area contributed by atoms with Gasteiger partial charge in [0.1, 0.15) is 0 Å². The van der Waals surface area contributed by atoms with Gasteiger partial charge in [-0.3, -0.25) is 9.78 Å². The van der Waals surface area contributed by atoms with Gasteiger partial charge in [0.15, 0.2) is 0 Å². The van der Waals surface area contributed by atoms with Crippen molar-refractivity contribution in [1.29, 1.82) is 0 Å². The third-order valence-corrected chi connectivity index (χ3v) is 3.70. The van der Waals surface area contributed by atoms with Gasteiger partial charge in [0, 0.05) is 37.1 Å². The van der Waals surface area contributed by atoms with E-state index in [1.54, 1.807) is 11.1 Å². The first-order chi connectivity index (χ1) is 9.20. The molecule has 1 aliphatic rings. The third-order valence-electron chi connectivity index (χ3n) is 3.70. The monoisotopic (exact) mass is 256 g/mol. The van der Waals surface area contributed by atoms with Crippen molar-refractivity contribution >= 4 is 22.5 Å². The molecular formula is C15H16N2O2. The summed E-state index contributed by atoms with van der Waals surface area (Å²) in [7, 11) is 0. The highest BCUT2D eigenvalue weighted by Gasteiger charge is 2.31. The first kappa shape index (κ1) is 12.1. The predicted molar refractivity (Wildman–Crippen MR) is 74.0 cm³/mol. The number of aromatic nitrogens is 1. The largest absolute Gasteiger partial charge is 0.396 e. The van der Waals surface area contributed by atoms with Crippen molar-refractivity contribution < 1.29 is 9.90 Å². The molecule has 2 heterocycles. The summed E-state index contributed by atoms with van der Waals surface area (Å²) in [6.07, 6.45) is 2.19. The summed E-state index contributed by atoms with van der Waals surface area (Å²) in [6, 6.07) is 7.83. The van der Waals surface area contributed by atoms with E-state index in [0.717, 1.165) is 22.2 Å². The van der Waals surface area contributed by atoms with Crippen molar-refractivity contribution in [2.75, 3.05) is 18.1 Å². The Morgan fingerprint density at radius 1 is 1.42 bits per heavy atom. The minimum atomic E-state index is 0.0422. The van der Waals surface area contributed by atoms with Crippen LogP contribution in [0.3, 0.4) is 0 Å². The van der Waals surface area contributed by atoms with Gasteiger partial charge in [0.2, 0.25) is 5.91 Å². The molecule has 1 aliphatic heterocycles. The number of fused-ring (bicyclic) bond motifs is 1. The van der Waals surface area contributed by atoms with E-state index < -0.39 is 0 Å². The maximum Gasteiger partial charge on any atom is 0.227 e. The van der Waals surface area contributed by atoms with Crippen LogP contribution >= 0.6 is 0 Å². The summed E-state index contributed by atoms with van der Waals surface area (Å²) in [5.41, 5.74) is 2.93. The van der Waals surface area contributed by atoms with Crippen LogP contribution in [0.4, 0.5) is 5.69 Å². The van der Waals surface area contributed by atoms with Crippen molar-refractivity contribution in [1.82, 2.24) is 4.98 Å². The van der Waals surface area contributed by atoms with Crippen molar-refractivity contribution in [3.8, 4) is 0 Å². The van der Waals surface area contributed by atoms with Crippen LogP contribution in [0.25, 0.3) is 10.9 Å². The zero-order valence-corrected chi connectivity index (χ0v) is 10.8. The van der Waals surface area contributed by atoms with Crippen molar-refractivity contribution in [2.24, 2.45) is 5.92 Å². The molecule has 4 heteroatoms. The second kappa shape index (κ2) is 4.63. The summed E-state index contributed by atoms with van der Waals surface area (Å²) in [5, 5.41) is 10.2. The summed E-state index contributed by atoms with van der Waals surface area (Å²) in [4.78, 5) is 18.2. The van der Waals surface area contributed by atoms with Crippen LogP contribution in [-0.2, 0) is 4.79 Å². The van der Waals surface area contributed by atoms with E-state index in [1.165, 1.54) is 0 Å². The number of amides is 1. The molecule has 0 saturated carbocycles. The van der Waals surface area contributed by atoms with Gasteiger partial charge in [-0.2, -0.15) is 0 Å². The molecule has 0 aliphatic carbocycles. The lowest BCUT2D eigenvalue weighted by atomic mass is 10.1. The van der Waals surface area contributed by atoms with E-state index in [-0.39, 0.29) is 18.4 Å². The van der Waals surface area contributed by atoms with E-state index in [0.29, 0.717) is 13.0 Å². The summed E-state index contributed by atoms with van der Waals surface area (Å²) >= 11 is 0. The SMILES string of the molecule is Cc1ccc(N2CC(CO)CC2=O)c2cccnc12. The molecule has 1 atom stereocenters. The van der Waals surface area contributed by atoms with Gasteiger partial charge in [-0.05, 0) is 30.7 Å². The van der Waals surface area contributed by atoms with E-state index >= 15 is 0 Å². The molecule has 4 nitrogen and oxygen atoms in total. The maximum absolute atomic E-state index is 12.1. The fourth-order valence-corrected chi connectivity index (χ4v) is 2.67. The molecule has 3 rings (SSSR count). The molecule has 2 aromatic rings. The Hall–Kier alpha value is -1.94. The van der Waals surface area contributed by atoms with Crippen LogP contribution in [0.5, 0.6) is 0 Å². The van der Waals surface area contributed by atoms with Crippen LogP contribution in [0.1, 0.15) is 12.0 Å². The number of carbonyl (C=O) groups excluding carboxylic acids is 1. The molecule has 0 spiro atoms. The lowest BCUT2D eigenvalue weighted by Gasteiger charge is -2.19. The molecule has 98 valence electrons. The average Bonchev–Trinajstić information content (AvgIpc) is 2.81. The van der Waals surface area contributed by atoms with Gasteiger partial charge in [-0.1, -0.05) is 6.07 Å². The lowest BCUT2D eigenvalue weighted by Crippen LogP contribution is -2.25. The van der Waals surface area contributed by atoms with E-state index in [1.807, 2.05) is 31.2 Å². The highest BCUT2D eigenvalue weighted by atomic mass is 16.3. The summed E-state index contributed by atoms with van der Waals surface area (Å²) < 4.78 is 0. The van der Waals surface area contributed by atoms with E-state index in [4.69, 9.17) is 0 Å². The zero-order valence-electron chi connectivity index (χ0n) is 10.8. The Balaban J connectivity index is 2.11. The normalized spacial score (nSPS) is 19.4. The number of hydrogen-bond donors (Lipinski definition) is 1. The molecule has 0 bridgehead atoms. The van der Waals surface area contributed by atoms with Gasteiger partial charge >= 0.3 is 0 Å². The zero-order chi connectivity index (χ0) is 13.4. The number of aliphatic hydroxyl groups is 1. The number of nitrogens with zero attached hydrogens (tertiary/aromatic N) is 2. The Morgan fingerprint density at radius 3 is 3.00 bits per heavy atom. The number of aliphatic hydroxyl groups excluding tert-OH is 1. The number of rotatable bonds is 2. The fraction of sp³-hybridized carbons (Fsp3) is 0.333. The highest BCUT2D eigenvalue weighted by Crippen LogP contribution is 2.32. The first-order valence-electron chi connectivity index (χ1n) is 6.46. The number of pyridine rings is 1. The molecule has 0 radical (unpaired) electrons. The Labute approximate surface area is 111 Å². The molecule has 1 N–H and O–H groups in total. The first-order valence-corrected chi connectivity index (χ1v) is 6.46. The smallest absolute Gasteiger partial charge is 0.227 e. The topological polar surface area (TPSA) is 53.4 Å². The molecule has 1 aromatic heterocycles. The number of hydrogen-bond acceptors (Lipinski definition) is 3. The van der Waals surface area contributed by atoms with Crippen molar-refractivity contribution in [3.63, 3.8) is 0 Å². The molecule has 1 aromatic carbocycles. The van der Waals surface area contributed by atoms with Crippen LogP contribution in [-0.4, -0.2) is 29.1 Å². The minimum absolute atomic E-state index is 0.0422. The van der Waals surface area contributed by atoms with E-state index in [9.17, 15) is 9.90 Å². The Bertz CT molecular complexity index is 639. The van der Waals surface area contributed by atoms with Gasteiger partial charge in [0.05, 0.1) is 11.2 Å². The Morgan fingerprint density at radius 2 is 2.26 bits per heavy atom. The van der Waals surface area contributed by atoms with Crippen LogP contribution in [0.2, 0.25) is 0 Å². The lowest BCUT2D eigenvalue weighted by molar-refractivity contribution is -0.117. The summed E-state index contributed by atoms with van der Waals surface area (Å²) in [6.45, 7) is 2.66. The van der Waals surface area contributed by atoms with Crippen LogP contribution in [0.15, 0.2) is 30.5 Å². The third kappa shape index (κ3) is 1.98. The van der Waals surface area contributed by atoms with E-state index in [2.05, 4.69) is 4.98 Å². The van der Waals surface area contributed by atoms with Crippen molar-refractivity contribution in [3.05, 3.63) is 36.0 Å². The molecule has 1 fully saturated rings. The van der Waals surface area contributed by atoms with Crippen LogP contribution < -0.4 is 4.90 Å². The van der Waals surface area contributed by atoms with Crippen LogP contribution in [0, 0.1) is 12.8 Å². The predicted octanol–water partition coefficient (Wildman–Crippen LogP) is 1.89. The number of benzene rings is 1. The minimum Gasteiger partial charge on any atom is -0.396 e. The molecule has 19 heavy (non-hydrogen) atoms. The average molecular weight is 256 g/mol. The van der Waals surface area contributed by atoms with Gasteiger partial charge in [0.25, 0.3) is 0 Å². The quantitative estimate of drug-likeness (QED) is 0.892. The van der Waals surface area contributed by atoms with Gasteiger partial charge in [-0.15, -0.1) is 0 Å². The number of aryl methyl sites for hydroxylation is 1. The maximum atomic E-state index is 12.1. The molecular weight excluding hydrogens is 240 g/mol. The van der Waals surface area contributed by atoms with Gasteiger partial charge < -0.3 is 10.0 Å². The molecule has 1 saturated heterocycles. The molecule has 1 amide bonds. The fourth-order valence-electron chi connectivity index (χ4n) is 2.67. The molecule has 1 unspecified atom stereocenters. The second-order valence-corrected chi connectivity index (χ2v) is 5.06.